The number of hydrogen-bond donors (Lipinski definition) is 2. The summed E-state index contributed by atoms with van der Waals surface area (Å²) in [5.74, 6) is 1.52. The number of rotatable bonds is 4. The lowest BCUT2D eigenvalue weighted by Crippen LogP contribution is -2.06. The Morgan fingerprint density at radius 3 is 2.80 bits per heavy atom. The molecule has 2 rings (SSSR count). The van der Waals surface area contributed by atoms with Crippen molar-refractivity contribution in [2.45, 2.75) is 32.1 Å². The first-order valence-electron chi connectivity index (χ1n) is 5.80. The van der Waals surface area contributed by atoms with Crippen molar-refractivity contribution >= 4 is 11.5 Å². The third-order valence-electron chi connectivity index (χ3n) is 3.14. The van der Waals surface area contributed by atoms with Gasteiger partial charge in [0.2, 0.25) is 0 Å². The molecule has 3 heteroatoms. The average Bonchev–Trinajstić information content (AvgIpc) is 2.74. The number of hydrogen-bond acceptors (Lipinski definition) is 3. The van der Waals surface area contributed by atoms with Crippen molar-refractivity contribution in [1.82, 2.24) is 4.98 Å². The maximum Gasteiger partial charge on any atom is 0.123 e. The number of nitrogens with one attached hydrogen (secondary N) is 1. The van der Waals surface area contributed by atoms with Crippen LogP contribution >= 0.6 is 0 Å². The topological polar surface area (TPSA) is 50.9 Å². The second-order valence-corrected chi connectivity index (χ2v) is 4.34. The van der Waals surface area contributed by atoms with Gasteiger partial charge in [0.05, 0.1) is 11.9 Å². The van der Waals surface area contributed by atoms with Gasteiger partial charge in [0.25, 0.3) is 0 Å². The maximum absolute atomic E-state index is 5.52. The number of pyridine rings is 1. The zero-order valence-electron chi connectivity index (χ0n) is 9.08. The summed E-state index contributed by atoms with van der Waals surface area (Å²) in [5.41, 5.74) is 6.59. The first-order chi connectivity index (χ1) is 7.34. The highest BCUT2D eigenvalue weighted by Crippen LogP contribution is 2.27. The third-order valence-corrected chi connectivity index (χ3v) is 3.14. The van der Waals surface area contributed by atoms with Crippen LogP contribution < -0.4 is 11.1 Å². The molecule has 0 aromatic carbocycles. The van der Waals surface area contributed by atoms with Crippen LogP contribution in [0.1, 0.15) is 32.1 Å². The highest BCUT2D eigenvalue weighted by Gasteiger charge is 2.13. The van der Waals surface area contributed by atoms with E-state index in [4.69, 9.17) is 5.73 Å². The molecule has 82 valence electrons. The predicted molar refractivity (Wildman–Crippen MR) is 63.7 cm³/mol. The standard InChI is InChI=1S/C12H19N3/c13-12-6-5-11(9-15-12)14-8-7-10-3-1-2-4-10/h5-6,9-10,14H,1-4,7-8H2,(H2,13,15). The van der Waals surface area contributed by atoms with Crippen LogP contribution in [0.15, 0.2) is 18.3 Å². The Hall–Kier alpha value is -1.25. The summed E-state index contributed by atoms with van der Waals surface area (Å²) in [4.78, 5) is 4.04. The van der Waals surface area contributed by atoms with Crippen LogP contribution in [0.2, 0.25) is 0 Å². The number of nitrogens with two attached hydrogens (primary N) is 1. The van der Waals surface area contributed by atoms with Crippen LogP contribution in [0.4, 0.5) is 11.5 Å². The predicted octanol–water partition coefficient (Wildman–Crippen LogP) is 2.66. The largest absolute Gasteiger partial charge is 0.384 e. The van der Waals surface area contributed by atoms with Gasteiger partial charge in [0.15, 0.2) is 0 Å². The molecule has 15 heavy (non-hydrogen) atoms. The average molecular weight is 205 g/mol. The van der Waals surface area contributed by atoms with Crippen LogP contribution in [0.5, 0.6) is 0 Å². The lowest BCUT2D eigenvalue weighted by molar-refractivity contribution is 0.518. The fourth-order valence-corrected chi connectivity index (χ4v) is 2.23. The number of aromatic nitrogens is 1. The molecule has 3 nitrogen and oxygen atoms in total. The zero-order valence-corrected chi connectivity index (χ0v) is 9.08. The molecule has 0 unspecified atom stereocenters. The smallest absolute Gasteiger partial charge is 0.123 e. The van der Waals surface area contributed by atoms with Gasteiger partial charge in [-0.3, -0.25) is 0 Å². The molecule has 0 aliphatic heterocycles. The Morgan fingerprint density at radius 1 is 1.33 bits per heavy atom. The summed E-state index contributed by atoms with van der Waals surface area (Å²) < 4.78 is 0. The minimum atomic E-state index is 0.580. The Bertz CT molecular complexity index is 288. The van der Waals surface area contributed by atoms with E-state index >= 15 is 0 Å². The number of nitrogens with zero attached hydrogens (tertiary/aromatic N) is 1. The fraction of sp³-hybridized carbons (Fsp3) is 0.583. The van der Waals surface area contributed by atoms with Gasteiger partial charge in [0.1, 0.15) is 5.82 Å². The van der Waals surface area contributed by atoms with Crippen molar-refractivity contribution in [3.8, 4) is 0 Å². The monoisotopic (exact) mass is 205 g/mol. The van der Waals surface area contributed by atoms with E-state index in [-0.39, 0.29) is 0 Å². The van der Waals surface area contributed by atoms with E-state index < -0.39 is 0 Å². The molecule has 0 radical (unpaired) electrons. The van der Waals surface area contributed by atoms with E-state index in [1.165, 1.54) is 32.1 Å². The van der Waals surface area contributed by atoms with Crippen LogP contribution in [0, 0.1) is 5.92 Å². The second-order valence-electron chi connectivity index (χ2n) is 4.34. The summed E-state index contributed by atoms with van der Waals surface area (Å²) in [7, 11) is 0. The van der Waals surface area contributed by atoms with E-state index in [9.17, 15) is 0 Å². The van der Waals surface area contributed by atoms with Crippen LogP contribution in [-0.4, -0.2) is 11.5 Å². The van der Waals surface area contributed by atoms with Gasteiger partial charge in [-0.1, -0.05) is 25.7 Å². The molecule has 1 saturated carbocycles. The molecule has 1 heterocycles. The molecule has 1 fully saturated rings. The van der Waals surface area contributed by atoms with Crippen molar-refractivity contribution in [3.63, 3.8) is 0 Å². The number of nitrogen functional groups attached to an aromatic ring is 1. The highest BCUT2D eigenvalue weighted by molar-refractivity contribution is 5.45. The van der Waals surface area contributed by atoms with Crippen molar-refractivity contribution in [1.29, 1.82) is 0 Å². The van der Waals surface area contributed by atoms with E-state index in [0.29, 0.717) is 5.82 Å². The molecular formula is C12H19N3. The van der Waals surface area contributed by atoms with E-state index in [0.717, 1.165) is 18.2 Å². The summed E-state index contributed by atoms with van der Waals surface area (Å²) in [6.45, 7) is 1.05. The summed E-state index contributed by atoms with van der Waals surface area (Å²) in [6, 6.07) is 3.81. The van der Waals surface area contributed by atoms with Crippen molar-refractivity contribution < 1.29 is 0 Å². The zero-order chi connectivity index (χ0) is 10.5. The van der Waals surface area contributed by atoms with Gasteiger partial charge in [-0.15, -0.1) is 0 Å². The molecule has 1 aliphatic rings. The lowest BCUT2D eigenvalue weighted by atomic mass is 10.0. The van der Waals surface area contributed by atoms with Gasteiger partial charge >= 0.3 is 0 Å². The molecule has 1 aliphatic carbocycles. The van der Waals surface area contributed by atoms with Crippen LogP contribution in [-0.2, 0) is 0 Å². The molecule has 0 spiro atoms. The van der Waals surface area contributed by atoms with Crippen molar-refractivity contribution in [3.05, 3.63) is 18.3 Å². The minimum absolute atomic E-state index is 0.580. The SMILES string of the molecule is Nc1ccc(NCCC2CCCC2)cn1. The molecule has 0 amide bonds. The van der Waals surface area contributed by atoms with Gasteiger partial charge in [-0.25, -0.2) is 4.98 Å². The second kappa shape index (κ2) is 5.01. The highest BCUT2D eigenvalue weighted by atomic mass is 14.9. The first-order valence-corrected chi connectivity index (χ1v) is 5.80. The quantitative estimate of drug-likeness (QED) is 0.794. The van der Waals surface area contributed by atoms with E-state index in [2.05, 4.69) is 10.3 Å². The molecule has 1 aromatic rings. The van der Waals surface area contributed by atoms with Gasteiger partial charge in [-0.2, -0.15) is 0 Å². The van der Waals surface area contributed by atoms with Crippen molar-refractivity contribution in [2.75, 3.05) is 17.6 Å². The van der Waals surface area contributed by atoms with E-state index in [1.807, 2.05) is 12.1 Å². The summed E-state index contributed by atoms with van der Waals surface area (Å²) >= 11 is 0. The fourth-order valence-electron chi connectivity index (χ4n) is 2.23. The molecule has 1 aromatic heterocycles. The Morgan fingerprint density at radius 2 is 2.13 bits per heavy atom. The summed E-state index contributed by atoms with van der Waals surface area (Å²) in [5, 5.41) is 3.38. The normalized spacial score (nSPS) is 16.8. The summed E-state index contributed by atoms with van der Waals surface area (Å²) in [6.07, 6.45) is 8.76. The Balaban J connectivity index is 1.71. The molecule has 0 atom stereocenters. The lowest BCUT2D eigenvalue weighted by Gasteiger charge is -2.10. The molecule has 0 saturated heterocycles. The van der Waals surface area contributed by atoms with Gasteiger partial charge < -0.3 is 11.1 Å². The first kappa shape index (κ1) is 10.3. The molecular weight excluding hydrogens is 186 g/mol. The molecule has 3 N–H and O–H groups in total. The van der Waals surface area contributed by atoms with Crippen LogP contribution in [0.25, 0.3) is 0 Å². The Labute approximate surface area is 91.1 Å². The molecule has 0 bridgehead atoms. The van der Waals surface area contributed by atoms with Crippen LogP contribution in [0.3, 0.4) is 0 Å². The van der Waals surface area contributed by atoms with Gasteiger partial charge in [-0.05, 0) is 24.5 Å². The number of anilines is 2. The van der Waals surface area contributed by atoms with E-state index in [1.54, 1.807) is 6.20 Å². The van der Waals surface area contributed by atoms with Gasteiger partial charge in [0, 0.05) is 6.54 Å². The Kier molecular flexibility index (Phi) is 3.43. The van der Waals surface area contributed by atoms with Crippen molar-refractivity contribution in [2.24, 2.45) is 5.92 Å². The third kappa shape index (κ3) is 3.11. The maximum atomic E-state index is 5.52. The minimum Gasteiger partial charge on any atom is -0.384 e.